The van der Waals surface area contributed by atoms with E-state index >= 15 is 0 Å². The molecule has 0 saturated carbocycles. The molecule has 0 bridgehead atoms. The van der Waals surface area contributed by atoms with Gasteiger partial charge in [-0.05, 0) is 62.7 Å². The van der Waals surface area contributed by atoms with Gasteiger partial charge in [-0.2, -0.15) is 0 Å². The molecular weight excluding hydrogens is 358 g/mol. The predicted octanol–water partition coefficient (Wildman–Crippen LogP) is 4.86. The summed E-state index contributed by atoms with van der Waals surface area (Å²) in [6.07, 6.45) is 5.99. The molecule has 4 rings (SSSR count). The van der Waals surface area contributed by atoms with Crippen LogP contribution in [0, 0.1) is 6.92 Å². The maximum Gasteiger partial charge on any atom is 0.168 e. The molecule has 0 radical (unpaired) electrons. The van der Waals surface area contributed by atoms with Gasteiger partial charge in [0.25, 0.3) is 0 Å². The average molecular weight is 386 g/mol. The maximum absolute atomic E-state index is 12.7. The molecule has 0 N–H and O–H groups in total. The zero-order valence-electron chi connectivity index (χ0n) is 17.0. The Kier molecular flexibility index (Phi) is 6.11. The predicted molar refractivity (Wildman–Crippen MR) is 116 cm³/mol. The second-order valence-electron chi connectivity index (χ2n) is 7.83. The number of pyridine rings is 2. The van der Waals surface area contributed by atoms with E-state index in [2.05, 4.69) is 39.1 Å². The van der Waals surface area contributed by atoms with Gasteiger partial charge < -0.3 is 0 Å². The SMILES string of the molecule is Cc1cccc(CC(=O)c2ccnc(-c3ccc(CN4CCCCC4)cc3)c2)n1. The van der Waals surface area contributed by atoms with E-state index in [-0.39, 0.29) is 5.78 Å². The second-order valence-corrected chi connectivity index (χ2v) is 7.83. The molecule has 1 aromatic carbocycles. The van der Waals surface area contributed by atoms with Crippen molar-refractivity contribution in [3.05, 3.63) is 83.3 Å². The van der Waals surface area contributed by atoms with E-state index < -0.39 is 0 Å². The third kappa shape index (κ3) is 5.15. The number of nitrogens with zero attached hydrogens (tertiary/aromatic N) is 3. The van der Waals surface area contributed by atoms with Crippen molar-refractivity contribution in [3.8, 4) is 11.3 Å². The summed E-state index contributed by atoms with van der Waals surface area (Å²) in [5.41, 5.74) is 5.60. The molecule has 1 aliphatic heterocycles. The van der Waals surface area contributed by atoms with Crippen LogP contribution < -0.4 is 0 Å². The highest BCUT2D eigenvalue weighted by atomic mass is 16.1. The van der Waals surface area contributed by atoms with E-state index in [1.54, 1.807) is 12.3 Å². The monoisotopic (exact) mass is 385 g/mol. The van der Waals surface area contributed by atoms with Crippen LogP contribution in [-0.2, 0) is 13.0 Å². The van der Waals surface area contributed by atoms with Gasteiger partial charge in [-0.3, -0.25) is 19.7 Å². The molecule has 0 atom stereocenters. The van der Waals surface area contributed by atoms with E-state index in [0.29, 0.717) is 12.0 Å². The van der Waals surface area contributed by atoms with Gasteiger partial charge in [0.1, 0.15) is 0 Å². The highest BCUT2D eigenvalue weighted by Gasteiger charge is 2.12. The van der Waals surface area contributed by atoms with Crippen LogP contribution in [0.3, 0.4) is 0 Å². The molecule has 3 aromatic rings. The lowest BCUT2D eigenvalue weighted by Gasteiger charge is -2.26. The van der Waals surface area contributed by atoms with E-state index in [9.17, 15) is 4.79 Å². The summed E-state index contributed by atoms with van der Waals surface area (Å²) in [6, 6.07) is 18.0. The fraction of sp³-hybridized carbons (Fsp3) is 0.320. The van der Waals surface area contributed by atoms with Crippen molar-refractivity contribution >= 4 is 5.78 Å². The average Bonchev–Trinajstić information content (AvgIpc) is 2.75. The minimum atomic E-state index is 0.0634. The van der Waals surface area contributed by atoms with Crippen LogP contribution in [0.15, 0.2) is 60.8 Å². The minimum absolute atomic E-state index is 0.0634. The van der Waals surface area contributed by atoms with Gasteiger partial charge in [-0.1, -0.05) is 36.8 Å². The smallest absolute Gasteiger partial charge is 0.168 e. The number of likely N-dealkylation sites (tertiary alicyclic amines) is 1. The van der Waals surface area contributed by atoms with Gasteiger partial charge >= 0.3 is 0 Å². The van der Waals surface area contributed by atoms with E-state index in [0.717, 1.165) is 29.2 Å². The first-order valence-electron chi connectivity index (χ1n) is 10.4. The molecule has 4 heteroatoms. The summed E-state index contributed by atoms with van der Waals surface area (Å²) in [4.78, 5) is 24.2. The number of hydrogen-bond donors (Lipinski definition) is 0. The highest BCUT2D eigenvalue weighted by molar-refractivity contribution is 5.98. The molecule has 4 nitrogen and oxygen atoms in total. The Morgan fingerprint density at radius 3 is 2.55 bits per heavy atom. The number of carbonyl (C=O) groups excluding carboxylic acids is 1. The molecule has 0 aliphatic carbocycles. The topological polar surface area (TPSA) is 46.1 Å². The van der Waals surface area contributed by atoms with Gasteiger partial charge in [0.15, 0.2) is 5.78 Å². The summed E-state index contributed by atoms with van der Waals surface area (Å²) in [5.74, 6) is 0.0634. The number of rotatable bonds is 6. The normalized spacial score (nSPS) is 14.7. The molecule has 0 spiro atoms. The number of piperidine rings is 1. The first-order valence-corrected chi connectivity index (χ1v) is 10.4. The van der Waals surface area contributed by atoms with Crippen LogP contribution in [0.2, 0.25) is 0 Å². The highest BCUT2D eigenvalue weighted by Crippen LogP contribution is 2.21. The van der Waals surface area contributed by atoms with Crippen LogP contribution in [0.5, 0.6) is 0 Å². The van der Waals surface area contributed by atoms with Crippen molar-refractivity contribution in [3.63, 3.8) is 0 Å². The Hall–Kier alpha value is -2.85. The number of hydrogen-bond acceptors (Lipinski definition) is 4. The Labute approximate surface area is 172 Å². The zero-order chi connectivity index (χ0) is 20.1. The molecule has 0 amide bonds. The molecule has 1 fully saturated rings. The Balaban J connectivity index is 1.45. The van der Waals surface area contributed by atoms with Crippen LogP contribution in [0.4, 0.5) is 0 Å². The number of carbonyl (C=O) groups is 1. The summed E-state index contributed by atoms with van der Waals surface area (Å²) in [7, 11) is 0. The van der Waals surface area contributed by atoms with Crippen LogP contribution in [0.1, 0.15) is 46.6 Å². The van der Waals surface area contributed by atoms with Crippen molar-refractivity contribution in [1.82, 2.24) is 14.9 Å². The summed E-state index contributed by atoms with van der Waals surface area (Å²) < 4.78 is 0. The van der Waals surface area contributed by atoms with Gasteiger partial charge in [-0.25, -0.2) is 0 Å². The molecule has 3 heterocycles. The van der Waals surface area contributed by atoms with Gasteiger partial charge in [0, 0.05) is 35.3 Å². The first kappa shape index (κ1) is 19.5. The fourth-order valence-corrected chi connectivity index (χ4v) is 3.88. The van der Waals surface area contributed by atoms with E-state index in [1.807, 2.05) is 31.2 Å². The standard InChI is InChI=1S/C25H27N3O/c1-19-6-5-7-23(27-19)17-25(29)22-12-13-26-24(16-22)21-10-8-20(9-11-21)18-28-14-3-2-4-15-28/h5-13,16H,2-4,14-15,17-18H2,1H3. The Morgan fingerprint density at radius 2 is 1.79 bits per heavy atom. The maximum atomic E-state index is 12.7. The molecular formula is C25H27N3O. The third-order valence-corrected chi connectivity index (χ3v) is 5.47. The second kappa shape index (κ2) is 9.10. The quantitative estimate of drug-likeness (QED) is 0.568. The van der Waals surface area contributed by atoms with Crippen molar-refractivity contribution in [2.24, 2.45) is 0 Å². The number of ketones is 1. The summed E-state index contributed by atoms with van der Waals surface area (Å²) in [6.45, 7) is 5.34. The molecule has 148 valence electrons. The lowest BCUT2D eigenvalue weighted by atomic mass is 10.0. The molecule has 0 unspecified atom stereocenters. The molecule has 1 saturated heterocycles. The fourth-order valence-electron chi connectivity index (χ4n) is 3.88. The number of benzene rings is 1. The van der Waals surface area contributed by atoms with E-state index in [4.69, 9.17) is 0 Å². The van der Waals surface area contributed by atoms with Crippen molar-refractivity contribution in [2.75, 3.05) is 13.1 Å². The molecule has 2 aromatic heterocycles. The van der Waals surface area contributed by atoms with Gasteiger partial charge in [-0.15, -0.1) is 0 Å². The Bertz CT molecular complexity index is 975. The van der Waals surface area contributed by atoms with Crippen molar-refractivity contribution in [1.29, 1.82) is 0 Å². The lowest BCUT2D eigenvalue weighted by Crippen LogP contribution is -2.28. The van der Waals surface area contributed by atoms with Gasteiger partial charge in [0.2, 0.25) is 0 Å². The molecule has 29 heavy (non-hydrogen) atoms. The number of aryl methyl sites for hydroxylation is 1. The van der Waals surface area contributed by atoms with Crippen LogP contribution in [0.25, 0.3) is 11.3 Å². The Morgan fingerprint density at radius 1 is 1.00 bits per heavy atom. The largest absolute Gasteiger partial charge is 0.299 e. The third-order valence-electron chi connectivity index (χ3n) is 5.47. The van der Waals surface area contributed by atoms with Gasteiger partial charge in [0.05, 0.1) is 12.1 Å². The number of Topliss-reactive ketones (excluding diaryl/α,β-unsaturated/α-hetero) is 1. The van der Waals surface area contributed by atoms with Crippen LogP contribution >= 0.6 is 0 Å². The lowest BCUT2D eigenvalue weighted by molar-refractivity contribution is 0.0992. The summed E-state index contributed by atoms with van der Waals surface area (Å²) in [5, 5.41) is 0. The van der Waals surface area contributed by atoms with E-state index in [1.165, 1.54) is 37.9 Å². The first-order chi connectivity index (χ1) is 14.2. The van der Waals surface area contributed by atoms with Crippen molar-refractivity contribution in [2.45, 2.75) is 39.2 Å². The summed E-state index contributed by atoms with van der Waals surface area (Å²) >= 11 is 0. The minimum Gasteiger partial charge on any atom is -0.299 e. The number of aromatic nitrogens is 2. The molecule has 1 aliphatic rings. The zero-order valence-corrected chi connectivity index (χ0v) is 17.0. The van der Waals surface area contributed by atoms with Crippen LogP contribution in [-0.4, -0.2) is 33.7 Å². The van der Waals surface area contributed by atoms with Crippen molar-refractivity contribution < 1.29 is 4.79 Å².